The fourth-order valence-electron chi connectivity index (χ4n) is 4.16. The maximum Gasteiger partial charge on any atom is 0.343 e. The number of rotatable bonds is 10. The lowest BCUT2D eigenvalue weighted by atomic mass is 9.96. The van der Waals surface area contributed by atoms with Gasteiger partial charge in [-0.05, 0) is 83.3 Å². The Kier molecular flexibility index (Phi) is 8.63. The molecular weight excluding hydrogens is 456 g/mol. The normalized spacial score (nSPS) is 11.6. The number of carbonyl (C=O) groups excluding carboxylic acids is 1. The van der Waals surface area contributed by atoms with E-state index >= 15 is 0 Å². The minimum atomic E-state index is -0.392. The second-order valence-electron chi connectivity index (χ2n) is 9.47. The molecule has 0 bridgehead atoms. The molecule has 0 saturated carbocycles. The van der Waals surface area contributed by atoms with Crippen LogP contribution < -0.4 is 4.74 Å². The number of hydrogen-bond donors (Lipinski definition) is 0. The SMILES string of the molecule is C=CCc1cc(-c2ncc(CC)cn2)ccc1OC(=O)c1ccc(-c2ccc(CC(C)CC)cc2)cc1. The molecule has 188 valence electrons. The number of aromatic nitrogens is 2. The molecule has 0 saturated heterocycles. The standard InChI is InChI=1S/C33H34N2O2/c1-5-8-29-20-30(32-34-21-24(7-3)22-35-32)17-18-31(29)37-33(36)28-15-13-27(14-16-28)26-11-9-25(10-12-26)19-23(4)6-2/h5,9-18,20-23H,1,6-8,19H2,2-4H3. The van der Waals surface area contributed by atoms with Gasteiger partial charge in [-0.3, -0.25) is 0 Å². The highest BCUT2D eigenvalue weighted by molar-refractivity contribution is 5.92. The lowest BCUT2D eigenvalue weighted by Gasteiger charge is -2.12. The lowest BCUT2D eigenvalue weighted by Crippen LogP contribution is -2.10. The third-order valence-corrected chi connectivity index (χ3v) is 6.69. The zero-order valence-electron chi connectivity index (χ0n) is 21.9. The van der Waals surface area contributed by atoms with Crippen molar-refractivity contribution in [3.05, 3.63) is 114 Å². The van der Waals surface area contributed by atoms with Crippen LogP contribution >= 0.6 is 0 Å². The lowest BCUT2D eigenvalue weighted by molar-refractivity contribution is 0.0733. The number of aryl methyl sites for hydroxylation is 1. The summed E-state index contributed by atoms with van der Waals surface area (Å²) in [5.41, 5.74) is 6.87. The van der Waals surface area contributed by atoms with Crippen molar-refractivity contribution >= 4 is 5.97 Å². The summed E-state index contributed by atoms with van der Waals surface area (Å²) in [6, 6.07) is 21.9. The molecule has 4 heteroatoms. The molecule has 0 spiro atoms. The Morgan fingerprint density at radius 3 is 2.11 bits per heavy atom. The molecule has 4 rings (SSSR count). The maximum atomic E-state index is 12.9. The van der Waals surface area contributed by atoms with Gasteiger partial charge < -0.3 is 4.74 Å². The minimum absolute atomic E-state index is 0.392. The van der Waals surface area contributed by atoms with E-state index in [1.165, 1.54) is 12.0 Å². The van der Waals surface area contributed by atoms with Gasteiger partial charge >= 0.3 is 5.97 Å². The Hall–Kier alpha value is -4.05. The van der Waals surface area contributed by atoms with Crippen LogP contribution in [0.5, 0.6) is 5.75 Å². The van der Waals surface area contributed by atoms with E-state index < -0.39 is 5.97 Å². The van der Waals surface area contributed by atoms with Gasteiger partial charge in [-0.25, -0.2) is 14.8 Å². The summed E-state index contributed by atoms with van der Waals surface area (Å²) in [5, 5.41) is 0. The van der Waals surface area contributed by atoms with Crippen molar-refractivity contribution in [2.45, 2.75) is 46.5 Å². The molecule has 37 heavy (non-hydrogen) atoms. The Labute approximate surface area is 220 Å². The van der Waals surface area contributed by atoms with Crippen molar-refractivity contribution in [1.29, 1.82) is 0 Å². The third kappa shape index (κ3) is 6.59. The molecule has 0 N–H and O–H groups in total. The molecule has 1 unspecified atom stereocenters. The van der Waals surface area contributed by atoms with Gasteiger partial charge in [0.25, 0.3) is 0 Å². The summed E-state index contributed by atoms with van der Waals surface area (Å²) in [6.45, 7) is 10.4. The van der Waals surface area contributed by atoms with Crippen LogP contribution in [-0.2, 0) is 19.3 Å². The van der Waals surface area contributed by atoms with Gasteiger partial charge in [0.1, 0.15) is 5.75 Å². The Bertz CT molecular complexity index is 1340. The highest BCUT2D eigenvalue weighted by Gasteiger charge is 2.14. The minimum Gasteiger partial charge on any atom is -0.423 e. The van der Waals surface area contributed by atoms with Gasteiger partial charge in [0.15, 0.2) is 5.82 Å². The van der Waals surface area contributed by atoms with E-state index in [0.29, 0.717) is 29.5 Å². The molecule has 1 atom stereocenters. The number of esters is 1. The molecule has 0 amide bonds. The van der Waals surface area contributed by atoms with E-state index in [1.807, 2.05) is 48.8 Å². The summed E-state index contributed by atoms with van der Waals surface area (Å²) in [5.74, 6) is 1.45. The van der Waals surface area contributed by atoms with Crippen LogP contribution in [0.25, 0.3) is 22.5 Å². The van der Waals surface area contributed by atoms with Crippen LogP contribution in [0.2, 0.25) is 0 Å². The number of nitrogens with zero attached hydrogens (tertiary/aromatic N) is 2. The molecule has 0 aliphatic rings. The van der Waals surface area contributed by atoms with Crippen molar-refractivity contribution < 1.29 is 9.53 Å². The number of ether oxygens (including phenoxy) is 1. The molecule has 3 aromatic carbocycles. The molecule has 1 aromatic heterocycles. The highest BCUT2D eigenvalue weighted by atomic mass is 16.5. The van der Waals surface area contributed by atoms with Crippen LogP contribution in [0.3, 0.4) is 0 Å². The average molecular weight is 491 g/mol. The summed E-state index contributed by atoms with van der Waals surface area (Å²) in [4.78, 5) is 21.9. The van der Waals surface area contributed by atoms with Crippen molar-refractivity contribution in [2.75, 3.05) is 0 Å². The fourth-order valence-corrected chi connectivity index (χ4v) is 4.16. The summed E-state index contributed by atoms with van der Waals surface area (Å²) < 4.78 is 5.79. The second kappa shape index (κ2) is 12.3. The van der Waals surface area contributed by atoms with Crippen LogP contribution in [0.15, 0.2) is 91.8 Å². The van der Waals surface area contributed by atoms with E-state index in [-0.39, 0.29) is 0 Å². The first-order valence-electron chi connectivity index (χ1n) is 13.0. The van der Waals surface area contributed by atoms with E-state index in [9.17, 15) is 4.79 Å². The van der Waals surface area contributed by atoms with Gasteiger partial charge in [-0.1, -0.05) is 69.7 Å². The fraction of sp³-hybridized carbons (Fsp3) is 0.242. The van der Waals surface area contributed by atoms with Gasteiger partial charge in [0, 0.05) is 18.0 Å². The molecular formula is C33H34N2O2. The zero-order valence-corrected chi connectivity index (χ0v) is 21.9. The van der Waals surface area contributed by atoms with E-state index in [2.05, 4.69) is 61.6 Å². The quantitative estimate of drug-likeness (QED) is 0.129. The Balaban J connectivity index is 1.47. The Morgan fingerprint density at radius 2 is 1.51 bits per heavy atom. The number of carbonyl (C=O) groups is 1. The molecule has 0 aliphatic heterocycles. The van der Waals surface area contributed by atoms with Crippen molar-refractivity contribution in [3.63, 3.8) is 0 Å². The van der Waals surface area contributed by atoms with Crippen molar-refractivity contribution in [3.8, 4) is 28.3 Å². The zero-order chi connectivity index (χ0) is 26.2. The first kappa shape index (κ1) is 26.0. The van der Waals surface area contributed by atoms with E-state index in [4.69, 9.17) is 4.74 Å². The molecule has 4 nitrogen and oxygen atoms in total. The highest BCUT2D eigenvalue weighted by Crippen LogP contribution is 2.27. The monoisotopic (exact) mass is 490 g/mol. The molecule has 4 aromatic rings. The first-order chi connectivity index (χ1) is 18.0. The molecule has 0 radical (unpaired) electrons. The van der Waals surface area contributed by atoms with E-state index in [0.717, 1.165) is 40.7 Å². The van der Waals surface area contributed by atoms with E-state index in [1.54, 1.807) is 12.1 Å². The number of hydrogen-bond acceptors (Lipinski definition) is 4. The number of benzene rings is 3. The van der Waals surface area contributed by atoms with Crippen LogP contribution in [0.1, 0.15) is 54.2 Å². The molecule has 0 aliphatic carbocycles. The smallest absolute Gasteiger partial charge is 0.343 e. The summed E-state index contributed by atoms with van der Waals surface area (Å²) in [6.07, 6.45) is 9.20. The van der Waals surface area contributed by atoms with Gasteiger partial charge in [-0.15, -0.1) is 6.58 Å². The van der Waals surface area contributed by atoms with Crippen LogP contribution in [-0.4, -0.2) is 15.9 Å². The first-order valence-corrected chi connectivity index (χ1v) is 13.0. The summed E-state index contributed by atoms with van der Waals surface area (Å²) >= 11 is 0. The predicted molar refractivity (Wildman–Crippen MR) is 151 cm³/mol. The average Bonchev–Trinajstić information content (AvgIpc) is 2.94. The predicted octanol–water partition coefficient (Wildman–Crippen LogP) is 7.91. The largest absolute Gasteiger partial charge is 0.423 e. The molecule has 0 fully saturated rings. The third-order valence-electron chi connectivity index (χ3n) is 6.69. The molecule has 1 heterocycles. The summed E-state index contributed by atoms with van der Waals surface area (Å²) in [7, 11) is 0. The van der Waals surface area contributed by atoms with Crippen LogP contribution in [0.4, 0.5) is 0 Å². The topological polar surface area (TPSA) is 52.1 Å². The van der Waals surface area contributed by atoms with Crippen LogP contribution in [0, 0.1) is 5.92 Å². The van der Waals surface area contributed by atoms with Crippen molar-refractivity contribution in [2.24, 2.45) is 5.92 Å². The van der Waals surface area contributed by atoms with Gasteiger partial charge in [0.05, 0.1) is 5.56 Å². The Morgan fingerprint density at radius 1 is 0.892 bits per heavy atom. The van der Waals surface area contributed by atoms with Gasteiger partial charge in [0.2, 0.25) is 0 Å². The maximum absolute atomic E-state index is 12.9. The van der Waals surface area contributed by atoms with Crippen molar-refractivity contribution in [1.82, 2.24) is 9.97 Å². The van der Waals surface area contributed by atoms with Gasteiger partial charge in [-0.2, -0.15) is 0 Å². The number of allylic oxidation sites excluding steroid dienone is 1. The second-order valence-corrected chi connectivity index (χ2v) is 9.47.